The molecule has 142 valence electrons. The van der Waals surface area contributed by atoms with E-state index in [0.29, 0.717) is 5.69 Å². The number of carbonyl (C=O) groups is 1. The summed E-state index contributed by atoms with van der Waals surface area (Å²) in [5.74, 6) is 0.743. The van der Waals surface area contributed by atoms with Gasteiger partial charge in [-0.2, -0.15) is 5.10 Å². The predicted molar refractivity (Wildman–Crippen MR) is 112 cm³/mol. The molecule has 5 rings (SSSR count). The van der Waals surface area contributed by atoms with E-state index in [1.54, 1.807) is 4.68 Å². The molecule has 0 saturated carbocycles. The Hall–Kier alpha value is -3.93. The minimum absolute atomic E-state index is 0.177. The van der Waals surface area contributed by atoms with Crippen molar-refractivity contribution < 1.29 is 4.79 Å². The van der Waals surface area contributed by atoms with Crippen LogP contribution in [-0.2, 0) is 7.05 Å². The van der Waals surface area contributed by atoms with Gasteiger partial charge in [0.25, 0.3) is 0 Å². The zero-order valence-corrected chi connectivity index (χ0v) is 15.8. The summed E-state index contributed by atoms with van der Waals surface area (Å²) in [6.07, 6.45) is 1.51. The minimum atomic E-state index is -0.253. The van der Waals surface area contributed by atoms with Crippen molar-refractivity contribution in [1.82, 2.24) is 20.1 Å². The van der Waals surface area contributed by atoms with E-state index in [1.165, 1.54) is 6.33 Å². The van der Waals surface area contributed by atoms with Gasteiger partial charge in [-0.25, -0.2) is 14.5 Å². The SMILES string of the molecule is Cn1ncnc1-c1cccc(NC(=O)NC2c3ccccc3-c3ccccc32)c1. The van der Waals surface area contributed by atoms with Crippen LogP contribution in [0, 0.1) is 0 Å². The Labute approximate surface area is 168 Å². The maximum Gasteiger partial charge on any atom is 0.319 e. The molecule has 0 bridgehead atoms. The number of nitrogens with one attached hydrogen (secondary N) is 2. The molecule has 0 aliphatic heterocycles. The average Bonchev–Trinajstić information content (AvgIpc) is 3.30. The molecule has 6 heteroatoms. The molecular formula is C23H19N5O. The van der Waals surface area contributed by atoms with Gasteiger partial charge in [-0.15, -0.1) is 0 Å². The lowest BCUT2D eigenvalue weighted by molar-refractivity contribution is 0.250. The zero-order chi connectivity index (χ0) is 19.8. The van der Waals surface area contributed by atoms with Crippen molar-refractivity contribution in [2.45, 2.75) is 6.04 Å². The van der Waals surface area contributed by atoms with Gasteiger partial charge in [-0.1, -0.05) is 60.7 Å². The van der Waals surface area contributed by atoms with Gasteiger partial charge in [-0.05, 0) is 34.4 Å². The molecular weight excluding hydrogens is 362 g/mol. The smallest absolute Gasteiger partial charge is 0.319 e. The number of amides is 2. The number of aryl methyl sites for hydroxylation is 1. The lowest BCUT2D eigenvalue weighted by Gasteiger charge is -2.17. The molecule has 0 unspecified atom stereocenters. The molecule has 1 aliphatic rings. The molecule has 29 heavy (non-hydrogen) atoms. The Bertz CT molecular complexity index is 1170. The van der Waals surface area contributed by atoms with Crippen LogP contribution in [0.4, 0.5) is 10.5 Å². The van der Waals surface area contributed by atoms with E-state index in [0.717, 1.165) is 33.6 Å². The van der Waals surface area contributed by atoms with Gasteiger partial charge in [0, 0.05) is 18.3 Å². The van der Waals surface area contributed by atoms with E-state index >= 15 is 0 Å². The fraction of sp³-hybridized carbons (Fsp3) is 0.0870. The van der Waals surface area contributed by atoms with Crippen molar-refractivity contribution in [2.24, 2.45) is 7.05 Å². The fourth-order valence-corrected chi connectivity index (χ4v) is 3.90. The summed E-state index contributed by atoms with van der Waals surface area (Å²) in [7, 11) is 1.84. The second-order valence-corrected chi connectivity index (χ2v) is 6.99. The topological polar surface area (TPSA) is 71.8 Å². The molecule has 2 N–H and O–H groups in total. The Morgan fingerprint density at radius 2 is 1.62 bits per heavy atom. The van der Waals surface area contributed by atoms with Crippen molar-refractivity contribution in [2.75, 3.05) is 5.32 Å². The number of hydrogen-bond acceptors (Lipinski definition) is 3. The Morgan fingerprint density at radius 1 is 0.931 bits per heavy atom. The zero-order valence-electron chi connectivity index (χ0n) is 15.8. The van der Waals surface area contributed by atoms with Crippen LogP contribution in [0.15, 0.2) is 79.1 Å². The first kappa shape index (κ1) is 17.2. The summed E-state index contributed by atoms with van der Waals surface area (Å²) in [5.41, 5.74) is 6.13. The Kier molecular flexibility index (Phi) is 4.09. The van der Waals surface area contributed by atoms with E-state index in [1.807, 2.05) is 55.6 Å². The second kappa shape index (κ2) is 6.91. The van der Waals surface area contributed by atoms with E-state index in [4.69, 9.17) is 0 Å². The molecule has 1 heterocycles. The standard InChI is InChI=1S/C23H19N5O/c1-28-22(24-14-25-28)15-7-6-8-16(13-15)26-23(29)27-21-19-11-4-2-9-17(19)18-10-3-5-12-20(18)21/h2-14,21H,1H3,(H2,26,27,29). The first-order valence-corrected chi connectivity index (χ1v) is 9.41. The van der Waals surface area contributed by atoms with E-state index in [9.17, 15) is 4.79 Å². The average molecular weight is 381 g/mol. The molecule has 3 aromatic carbocycles. The molecule has 0 atom stereocenters. The fourth-order valence-electron chi connectivity index (χ4n) is 3.90. The lowest BCUT2D eigenvalue weighted by Crippen LogP contribution is -2.32. The van der Waals surface area contributed by atoms with Crippen LogP contribution in [0.25, 0.3) is 22.5 Å². The van der Waals surface area contributed by atoms with Crippen LogP contribution < -0.4 is 10.6 Å². The monoisotopic (exact) mass is 381 g/mol. The van der Waals surface area contributed by atoms with Crippen LogP contribution >= 0.6 is 0 Å². The third-order valence-corrected chi connectivity index (χ3v) is 5.20. The number of fused-ring (bicyclic) bond motifs is 3. The van der Waals surface area contributed by atoms with Crippen LogP contribution in [-0.4, -0.2) is 20.8 Å². The molecule has 0 fully saturated rings. The van der Waals surface area contributed by atoms with E-state index in [-0.39, 0.29) is 12.1 Å². The van der Waals surface area contributed by atoms with E-state index in [2.05, 4.69) is 45.0 Å². The minimum Gasteiger partial charge on any atom is -0.327 e. The summed E-state index contributed by atoms with van der Waals surface area (Å²) in [5, 5.41) is 10.2. The molecule has 1 aliphatic carbocycles. The van der Waals surface area contributed by atoms with Gasteiger partial charge in [0.15, 0.2) is 5.82 Å². The van der Waals surface area contributed by atoms with Gasteiger partial charge >= 0.3 is 6.03 Å². The number of benzene rings is 3. The number of nitrogens with zero attached hydrogens (tertiary/aromatic N) is 3. The highest BCUT2D eigenvalue weighted by Gasteiger charge is 2.29. The number of aromatic nitrogens is 3. The Balaban J connectivity index is 1.39. The number of urea groups is 1. The summed E-state index contributed by atoms with van der Waals surface area (Å²) >= 11 is 0. The number of carbonyl (C=O) groups excluding carboxylic acids is 1. The second-order valence-electron chi connectivity index (χ2n) is 6.99. The Morgan fingerprint density at radius 3 is 2.28 bits per heavy atom. The van der Waals surface area contributed by atoms with E-state index < -0.39 is 0 Å². The van der Waals surface area contributed by atoms with Gasteiger partial charge in [0.2, 0.25) is 0 Å². The summed E-state index contributed by atoms with van der Waals surface area (Å²) in [6, 6.07) is 23.5. The maximum atomic E-state index is 12.8. The predicted octanol–water partition coefficient (Wildman–Crippen LogP) is 4.37. The molecule has 0 saturated heterocycles. The first-order chi connectivity index (χ1) is 14.2. The molecule has 0 spiro atoms. The van der Waals surface area contributed by atoms with Crippen molar-refractivity contribution in [3.8, 4) is 22.5 Å². The number of anilines is 1. The van der Waals surface area contributed by atoms with Gasteiger partial charge < -0.3 is 10.6 Å². The summed E-state index contributed by atoms with van der Waals surface area (Å²) in [6.45, 7) is 0. The summed E-state index contributed by atoms with van der Waals surface area (Å²) < 4.78 is 1.70. The first-order valence-electron chi connectivity index (χ1n) is 9.41. The van der Waals surface area contributed by atoms with Crippen LogP contribution in [0.1, 0.15) is 17.2 Å². The number of hydrogen-bond donors (Lipinski definition) is 2. The van der Waals surface area contributed by atoms with Crippen LogP contribution in [0.5, 0.6) is 0 Å². The van der Waals surface area contributed by atoms with Gasteiger partial charge in [0.1, 0.15) is 6.33 Å². The summed E-state index contributed by atoms with van der Waals surface area (Å²) in [4.78, 5) is 17.1. The maximum absolute atomic E-state index is 12.8. The van der Waals surface area contributed by atoms with Gasteiger partial charge in [-0.3, -0.25) is 0 Å². The largest absolute Gasteiger partial charge is 0.327 e. The highest BCUT2D eigenvalue weighted by molar-refractivity contribution is 5.92. The molecule has 4 aromatic rings. The van der Waals surface area contributed by atoms with Crippen molar-refractivity contribution in [1.29, 1.82) is 0 Å². The number of rotatable bonds is 3. The van der Waals surface area contributed by atoms with Crippen molar-refractivity contribution in [3.05, 3.63) is 90.3 Å². The molecule has 1 aromatic heterocycles. The lowest BCUT2D eigenvalue weighted by atomic mass is 10.1. The highest BCUT2D eigenvalue weighted by Crippen LogP contribution is 2.43. The third kappa shape index (κ3) is 3.04. The van der Waals surface area contributed by atoms with Crippen LogP contribution in [0.2, 0.25) is 0 Å². The van der Waals surface area contributed by atoms with Crippen molar-refractivity contribution in [3.63, 3.8) is 0 Å². The van der Waals surface area contributed by atoms with Crippen molar-refractivity contribution >= 4 is 11.7 Å². The molecule has 6 nitrogen and oxygen atoms in total. The third-order valence-electron chi connectivity index (χ3n) is 5.20. The quantitative estimate of drug-likeness (QED) is 0.553. The normalized spacial score (nSPS) is 12.3. The van der Waals surface area contributed by atoms with Crippen LogP contribution in [0.3, 0.4) is 0 Å². The molecule has 0 radical (unpaired) electrons. The molecule has 2 amide bonds. The highest BCUT2D eigenvalue weighted by atomic mass is 16.2. The van der Waals surface area contributed by atoms with Gasteiger partial charge in [0.05, 0.1) is 6.04 Å².